The number of nitrogens with one attached hydrogen (secondary N) is 1. The predicted molar refractivity (Wildman–Crippen MR) is 73.1 cm³/mol. The Morgan fingerprint density at radius 1 is 1.41 bits per heavy atom. The van der Waals surface area contributed by atoms with Crippen molar-refractivity contribution in [3.8, 4) is 0 Å². The number of thioether (sulfide) groups is 1. The number of hydrogen-bond acceptors (Lipinski definition) is 4. The smallest absolute Gasteiger partial charge is 0.224 e. The Morgan fingerprint density at radius 3 is 2.94 bits per heavy atom. The van der Waals surface area contributed by atoms with E-state index in [0.29, 0.717) is 12.1 Å². The van der Waals surface area contributed by atoms with Crippen molar-refractivity contribution in [1.29, 1.82) is 0 Å². The summed E-state index contributed by atoms with van der Waals surface area (Å²) in [6.07, 6.45) is 1.31. The standard InChI is InChI=1S/C12H18N2O2S/c13-10-3-1-4-11(9-10)14-12(16)5-2-7-17-8-6-15/h1,3-4,9,15H,2,5-8,13H2,(H,14,16). The van der Waals surface area contributed by atoms with E-state index < -0.39 is 0 Å². The third kappa shape index (κ3) is 6.19. The van der Waals surface area contributed by atoms with Gasteiger partial charge in [0.05, 0.1) is 6.61 Å². The average Bonchev–Trinajstić information content (AvgIpc) is 2.29. The van der Waals surface area contributed by atoms with Gasteiger partial charge in [0.2, 0.25) is 5.91 Å². The summed E-state index contributed by atoms with van der Waals surface area (Å²) in [6.45, 7) is 0.195. The molecular formula is C12H18N2O2S. The van der Waals surface area contributed by atoms with Crippen molar-refractivity contribution in [2.75, 3.05) is 29.2 Å². The van der Waals surface area contributed by atoms with Gasteiger partial charge in [0.1, 0.15) is 0 Å². The van der Waals surface area contributed by atoms with Crippen molar-refractivity contribution in [3.05, 3.63) is 24.3 Å². The van der Waals surface area contributed by atoms with Crippen LogP contribution in [0.5, 0.6) is 0 Å². The molecule has 0 bridgehead atoms. The molecule has 1 aromatic rings. The monoisotopic (exact) mass is 254 g/mol. The van der Waals surface area contributed by atoms with Crippen molar-refractivity contribution >= 4 is 29.0 Å². The lowest BCUT2D eigenvalue weighted by Crippen LogP contribution is -2.11. The molecule has 0 heterocycles. The summed E-state index contributed by atoms with van der Waals surface area (Å²) in [5.74, 6) is 1.63. The van der Waals surface area contributed by atoms with Crippen LogP contribution in [0.25, 0.3) is 0 Å². The van der Waals surface area contributed by atoms with E-state index in [1.165, 1.54) is 0 Å². The number of hydrogen-bond donors (Lipinski definition) is 3. The third-order valence-corrected chi connectivity index (χ3v) is 3.15. The lowest BCUT2D eigenvalue weighted by molar-refractivity contribution is -0.116. The van der Waals surface area contributed by atoms with Crippen molar-refractivity contribution < 1.29 is 9.90 Å². The highest BCUT2D eigenvalue weighted by molar-refractivity contribution is 7.99. The molecule has 1 aromatic carbocycles. The average molecular weight is 254 g/mol. The maximum atomic E-state index is 11.5. The van der Waals surface area contributed by atoms with E-state index in [1.54, 1.807) is 23.9 Å². The quantitative estimate of drug-likeness (QED) is 0.511. The Morgan fingerprint density at radius 2 is 2.24 bits per heavy atom. The third-order valence-electron chi connectivity index (χ3n) is 2.10. The predicted octanol–water partition coefficient (Wildman–Crippen LogP) is 1.71. The molecule has 4 nitrogen and oxygen atoms in total. The van der Waals surface area contributed by atoms with Crippen LogP contribution >= 0.6 is 11.8 Å². The lowest BCUT2D eigenvalue weighted by atomic mass is 10.2. The van der Waals surface area contributed by atoms with Crippen LogP contribution in [0.4, 0.5) is 11.4 Å². The highest BCUT2D eigenvalue weighted by atomic mass is 32.2. The topological polar surface area (TPSA) is 75.3 Å². The lowest BCUT2D eigenvalue weighted by Gasteiger charge is -2.05. The van der Waals surface area contributed by atoms with Crippen LogP contribution in [0, 0.1) is 0 Å². The largest absolute Gasteiger partial charge is 0.399 e. The van der Waals surface area contributed by atoms with Crippen LogP contribution in [0.3, 0.4) is 0 Å². The summed E-state index contributed by atoms with van der Waals surface area (Å²) in [5, 5.41) is 11.4. The number of aliphatic hydroxyl groups excluding tert-OH is 1. The van der Waals surface area contributed by atoms with Crippen molar-refractivity contribution in [2.24, 2.45) is 0 Å². The van der Waals surface area contributed by atoms with Crippen molar-refractivity contribution in [2.45, 2.75) is 12.8 Å². The van der Waals surface area contributed by atoms with Gasteiger partial charge in [-0.25, -0.2) is 0 Å². The molecule has 94 valence electrons. The van der Waals surface area contributed by atoms with Gasteiger partial charge in [0.15, 0.2) is 0 Å². The number of amides is 1. The highest BCUT2D eigenvalue weighted by Crippen LogP contribution is 2.12. The van der Waals surface area contributed by atoms with E-state index in [4.69, 9.17) is 10.8 Å². The molecular weight excluding hydrogens is 236 g/mol. The molecule has 1 rings (SSSR count). The molecule has 0 saturated heterocycles. The molecule has 4 N–H and O–H groups in total. The van der Waals surface area contributed by atoms with E-state index in [9.17, 15) is 4.79 Å². The molecule has 0 aliphatic carbocycles. The maximum Gasteiger partial charge on any atom is 0.224 e. The first-order valence-electron chi connectivity index (χ1n) is 5.56. The molecule has 0 aromatic heterocycles. The first kappa shape index (κ1) is 13.9. The second-order valence-electron chi connectivity index (χ2n) is 3.61. The minimum absolute atomic E-state index is 0.000184. The van der Waals surface area contributed by atoms with Gasteiger partial charge < -0.3 is 16.2 Å². The second kappa shape index (κ2) is 7.97. The molecule has 0 fully saturated rings. The number of nitrogen functional groups attached to an aromatic ring is 1. The first-order chi connectivity index (χ1) is 8.22. The van der Waals surface area contributed by atoms with Gasteiger partial charge in [0, 0.05) is 23.5 Å². The molecule has 0 aliphatic heterocycles. The number of rotatable bonds is 7. The number of aliphatic hydroxyl groups is 1. The molecule has 0 aliphatic rings. The zero-order chi connectivity index (χ0) is 12.5. The number of anilines is 2. The fourth-order valence-corrected chi connectivity index (χ4v) is 2.02. The Balaban J connectivity index is 2.21. The van der Waals surface area contributed by atoms with Crippen LogP contribution in [0.1, 0.15) is 12.8 Å². The van der Waals surface area contributed by atoms with Gasteiger partial charge in [-0.1, -0.05) is 6.07 Å². The summed E-state index contributed by atoms with van der Waals surface area (Å²) in [4.78, 5) is 11.5. The van der Waals surface area contributed by atoms with E-state index in [-0.39, 0.29) is 12.5 Å². The first-order valence-corrected chi connectivity index (χ1v) is 6.72. The second-order valence-corrected chi connectivity index (χ2v) is 4.84. The highest BCUT2D eigenvalue weighted by Gasteiger charge is 2.02. The Labute approximate surface area is 106 Å². The van der Waals surface area contributed by atoms with Gasteiger partial charge in [-0.05, 0) is 30.4 Å². The zero-order valence-electron chi connectivity index (χ0n) is 9.69. The fraction of sp³-hybridized carbons (Fsp3) is 0.417. The summed E-state index contributed by atoms with van der Waals surface area (Å²) >= 11 is 1.65. The molecule has 5 heteroatoms. The number of carbonyl (C=O) groups is 1. The van der Waals surface area contributed by atoms with E-state index >= 15 is 0 Å². The summed E-state index contributed by atoms with van der Waals surface area (Å²) < 4.78 is 0. The van der Waals surface area contributed by atoms with Gasteiger partial charge >= 0.3 is 0 Å². The minimum Gasteiger partial charge on any atom is -0.399 e. The summed E-state index contributed by atoms with van der Waals surface area (Å²) in [7, 11) is 0. The van der Waals surface area contributed by atoms with Crippen LogP contribution < -0.4 is 11.1 Å². The molecule has 0 unspecified atom stereocenters. The van der Waals surface area contributed by atoms with Crippen LogP contribution in [-0.4, -0.2) is 29.1 Å². The van der Waals surface area contributed by atoms with Crippen LogP contribution in [-0.2, 0) is 4.79 Å². The molecule has 17 heavy (non-hydrogen) atoms. The van der Waals surface area contributed by atoms with Gasteiger partial charge in [-0.3, -0.25) is 4.79 Å². The minimum atomic E-state index is 0.000184. The van der Waals surface area contributed by atoms with Gasteiger partial charge in [-0.2, -0.15) is 11.8 Å². The molecule has 1 amide bonds. The number of carbonyl (C=O) groups excluding carboxylic acids is 1. The fourth-order valence-electron chi connectivity index (χ4n) is 1.34. The van der Waals surface area contributed by atoms with Crippen molar-refractivity contribution in [3.63, 3.8) is 0 Å². The maximum absolute atomic E-state index is 11.5. The van der Waals surface area contributed by atoms with E-state index in [1.807, 2.05) is 12.1 Å². The van der Waals surface area contributed by atoms with Gasteiger partial charge in [0.25, 0.3) is 0 Å². The van der Waals surface area contributed by atoms with E-state index in [0.717, 1.165) is 23.6 Å². The normalized spacial score (nSPS) is 10.2. The van der Waals surface area contributed by atoms with Crippen molar-refractivity contribution in [1.82, 2.24) is 0 Å². The molecule has 0 atom stereocenters. The summed E-state index contributed by atoms with van der Waals surface area (Å²) in [5.41, 5.74) is 6.99. The Kier molecular flexibility index (Phi) is 6.50. The SMILES string of the molecule is Nc1cccc(NC(=O)CCCSCCO)c1. The van der Waals surface area contributed by atoms with E-state index in [2.05, 4.69) is 5.32 Å². The zero-order valence-corrected chi connectivity index (χ0v) is 10.5. The molecule has 0 radical (unpaired) electrons. The Bertz CT molecular complexity index is 358. The summed E-state index contributed by atoms with van der Waals surface area (Å²) in [6, 6.07) is 7.14. The molecule has 0 saturated carbocycles. The van der Waals surface area contributed by atoms with Gasteiger partial charge in [-0.15, -0.1) is 0 Å². The molecule has 0 spiro atoms. The Hall–Kier alpha value is -1.20. The number of nitrogens with two attached hydrogens (primary N) is 1. The van der Waals surface area contributed by atoms with Crippen LogP contribution in [0.15, 0.2) is 24.3 Å². The number of benzene rings is 1. The van der Waals surface area contributed by atoms with Crippen LogP contribution in [0.2, 0.25) is 0 Å².